The number of nitrogens with one attached hydrogen (secondary N) is 1. The fourth-order valence-electron chi connectivity index (χ4n) is 3.74. The standard InChI is InChI=1S/C23H27ClFN3O4S/c1-2-27(16-17-6-4-3-5-7-17)22(29)15-26-23(30)18-10-12-28(13-11-18)33(31,32)19-8-9-21(25)20(24)14-19/h3-9,14,18H,2,10-13,15-16H2,1H3,(H,26,30). The SMILES string of the molecule is CCN(Cc1ccccc1)C(=O)CNC(=O)C1CCN(S(=O)(=O)c2ccc(F)c(Cl)c2)CC1. The smallest absolute Gasteiger partial charge is 0.243 e. The van der Waals surface area contributed by atoms with Gasteiger partial charge in [-0.25, -0.2) is 12.8 Å². The molecule has 0 aliphatic carbocycles. The van der Waals surface area contributed by atoms with Crippen LogP contribution in [0.5, 0.6) is 0 Å². The predicted octanol–water partition coefficient (Wildman–Crippen LogP) is 3.04. The van der Waals surface area contributed by atoms with E-state index in [1.807, 2.05) is 37.3 Å². The minimum Gasteiger partial charge on any atom is -0.347 e. The van der Waals surface area contributed by atoms with Crippen molar-refractivity contribution >= 4 is 33.4 Å². The maximum Gasteiger partial charge on any atom is 0.243 e. The molecule has 0 unspecified atom stereocenters. The molecule has 178 valence electrons. The molecule has 3 rings (SSSR count). The van der Waals surface area contributed by atoms with Crippen LogP contribution in [0, 0.1) is 11.7 Å². The molecule has 0 saturated carbocycles. The molecule has 1 heterocycles. The summed E-state index contributed by atoms with van der Waals surface area (Å²) in [6.45, 7) is 3.07. The van der Waals surface area contributed by atoms with Gasteiger partial charge in [0, 0.05) is 32.1 Å². The van der Waals surface area contributed by atoms with Gasteiger partial charge in [-0.05, 0) is 43.5 Å². The number of sulfonamides is 1. The molecule has 2 aromatic carbocycles. The zero-order valence-electron chi connectivity index (χ0n) is 18.3. The van der Waals surface area contributed by atoms with E-state index in [0.717, 1.165) is 17.7 Å². The summed E-state index contributed by atoms with van der Waals surface area (Å²) in [5.41, 5.74) is 1.01. The van der Waals surface area contributed by atoms with E-state index in [0.29, 0.717) is 25.9 Å². The van der Waals surface area contributed by atoms with Crippen LogP contribution in [0.25, 0.3) is 0 Å². The molecule has 1 aliphatic heterocycles. The van der Waals surface area contributed by atoms with Crippen LogP contribution in [0.15, 0.2) is 53.4 Å². The lowest BCUT2D eigenvalue weighted by Gasteiger charge is -2.30. The van der Waals surface area contributed by atoms with E-state index >= 15 is 0 Å². The third-order valence-electron chi connectivity index (χ3n) is 5.72. The monoisotopic (exact) mass is 495 g/mol. The minimum atomic E-state index is -3.83. The van der Waals surface area contributed by atoms with Gasteiger partial charge in [-0.1, -0.05) is 41.9 Å². The zero-order chi connectivity index (χ0) is 24.0. The molecular formula is C23H27ClFN3O4S. The number of likely N-dealkylation sites (N-methyl/N-ethyl adjacent to an activating group) is 1. The maximum absolute atomic E-state index is 13.4. The van der Waals surface area contributed by atoms with Gasteiger partial charge in [0.1, 0.15) is 5.82 Å². The number of benzene rings is 2. The Balaban J connectivity index is 1.50. The van der Waals surface area contributed by atoms with Crippen molar-refractivity contribution in [1.29, 1.82) is 0 Å². The van der Waals surface area contributed by atoms with Gasteiger partial charge in [0.25, 0.3) is 0 Å². The number of rotatable bonds is 8. The van der Waals surface area contributed by atoms with Gasteiger partial charge in [-0.3, -0.25) is 9.59 Å². The van der Waals surface area contributed by atoms with Gasteiger partial charge in [0.15, 0.2) is 0 Å². The minimum absolute atomic E-state index is 0.0829. The number of hydrogen-bond acceptors (Lipinski definition) is 4. The summed E-state index contributed by atoms with van der Waals surface area (Å²) in [4.78, 5) is 26.7. The first-order valence-electron chi connectivity index (χ1n) is 10.8. The molecule has 0 bridgehead atoms. The van der Waals surface area contributed by atoms with Gasteiger partial charge < -0.3 is 10.2 Å². The van der Waals surface area contributed by atoms with Crippen LogP contribution in [0.2, 0.25) is 5.02 Å². The summed E-state index contributed by atoms with van der Waals surface area (Å²) in [6, 6.07) is 12.9. The number of halogens is 2. The number of carbonyl (C=O) groups excluding carboxylic acids is 2. The summed E-state index contributed by atoms with van der Waals surface area (Å²) in [6.07, 6.45) is 0.658. The zero-order valence-corrected chi connectivity index (χ0v) is 19.9. The fraction of sp³-hybridized carbons (Fsp3) is 0.391. The summed E-state index contributed by atoms with van der Waals surface area (Å²) in [7, 11) is -3.83. The second-order valence-corrected chi connectivity index (χ2v) is 10.2. The Hall–Kier alpha value is -2.49. The van der Waals surface area contributed by atoms with Crippen LogP contribution in [0.3, 0.4) is 0 Å². The number of nitrogens with zero attached hydrogens (tertiary/aromatic N) is 2. The Kier molecular flexibility index (Phi) is 8.45. The summed E-state index contributed by atoms with van der Waals surface area (Å²) in [5, 5.41) is 2.43. The van der Waals surface area contributed by atoms with E-state index in [-0.39, 0.29) is 47.3 Å². The Labute approximate surface area is 198 Å². The molecule has 1 saturated heterocycles. The lowest BCUT2D eigenvalue weighted by molar-refractivity contribution is -0.134. The first-order valence-corrected chi connectivity index (χ1v) is 12.6. The molecule has 33 heavy (non-hydrogen) atoms. The van der Waals surface area contributed by atoms with Crippen molar-refractivity contribution in [3.8, 4) is 0 Å². The number of hydrogen-bond donors (Lipinski definition) is 1. The number of carbonyl (C=O) groups is 2. The third kappa shape index (κ3) is 6.31. The highest BCUT2D eigenvalue weighted by molar-refractivity contribution is 7.89. The van der Waals surface area contributed by atoms with E-state index in [2.05, 4.69) is 5.32 Å². The van der Waals surface area contributed by atoms with E-state index in [1.165, 1.54) is 10.4 Å². The summed E-state index contributed by atoms with van der Waals surface area (Å²) < 4.78 is 40.2. The van der Waals surface area contributed by atoms with Crippen LogP contribution < -0.4 is 5.32 Å². The lowest BCUT2D eigenvalue weighted by atomic mass is 9.97. The Morgan fingerprint density at radius 2 is 1.82 bits per heavy atom. The van der Waals surface area contributed by atoms with E-state index in [1.54, 1.807) is 4.90 Å². The van der Waals surface area contributed by atoms with Gasteiger partial charge >= 0.3 is 0 Å². The fourth-order valence-corrected chi connectivity index (χ4v) is 5.49. The molecule has 0 aromatic heterocycles. The van der Waals surface area contributed by atoms with Crippen LogP contribution in [0.4, 0.5) is 4.39 Å². The average Bonchev–Trinajstić information content (AvgIpc) is 2.83. The highest BCUT2D eigenvalue weighted by Crippen LogP contribution is 2.26. The largest absolute Gasteiger partial charge is 0.347 e. The Bertz CT molecular complexity index is 1090. The van der Waals surface area contributed by atoms with Crippen molar-refractivity contribution in [2.75, 3.05) is 26.2 Å². The first-order chi connectivity index (χ1) is 15.7. The van der Waals surface area contributed by atoms with Crippen LogP contribution in [0.1, 0.15) is 25.3 Å². The van der Waals surface area contributed by atoms with Crippen molar-refractivity contribution in [3.63, 3.8) is 0 Å². The number of piperidine rings is 1. The van der Waals surface area contributed by atoms with Gasteiger partial charge in [0.05, 0.1) is 16.5 Å². The van der Waals surface area contributed by atoms with Crippen LogP contribution >= 0.6 is 11.6 Å². The van der Waals surface area contributed by atoms with Crippen LogP contribution in [-0.4, -0.2) is 55.6 Å². The predicted molar refractivity (Wildman–Crippen MR) is 123 cm³/mol. The average molecular weight is 496 g/mol. The van der Waals surface area contributed by atoms with Crippen molar-refractivity contribution in [1.82, 2.24) is 14.5 Å². The second kappa shape index (κ2) is 11.1. The lowest BCUT2D eigenvalue weighted by Crippen LogP contribution is -2.45. The number of amides is 2. The molecule has 1 fully saturated rings. The normalized spacial score (nSPS) is 15.2. The molecule has 0 atom stereocenters. The highest BCUT2D eigenvalue weighted by Gasteiger charge is 2.32. The van der Waals surface area contributed by atoms with E-state index in [4.69, 9.17) is 11.6 Å². The third-order valence-corrected chi connectivity index (χ3v) is 7.90. The van der Waals surface area contributed by atoms with E-state index in [9.17, 15) is 22.4 Å². The van der Waals surface area contributed by atoms with Crippen molar-refractivity contribution < 1.29 is 22.4 Å². The Morgan fingerprint density at radius 3 is 2.42 bits per heavy atom. The quantitative estimate of drug-likeness (QED) is 0.610. The van der Waals surface area contributed by atoms with Gasteiger partial charge in [-0.2, -0.15) is 4.31 Å². The van der Waals surface area contributed by atoms with Gasteiger partial charge in [-0.15, -0.1) is 0 Å². The topological polar surface area (TPSA) is 86.8 Å². The molecule has 10 heteroatoms. The molecule has 1 N–H and O–H groups in total. The molecule has 7 nitrogen and oxygen atoms in total. The summed E-state index contributed by atoms with van der Waals surface area (Å²) >= 11 is 5.72. The molecule has 2 amide bonds. The van der Waals surface area contributed by atoms with Crippen molar-refractivity contribution in [3.05, 3.63) is 64.9 Å². The van der Waals surface area contributed by atoms with Crippen LogP contribution in [-0.2, 0) is 26.2 Å². The summed E-state index contributed by atoms with van der Waals surface area (Å²) in [5.74, 6) is -1.51. The van der Waals surface area contributed by atoms with Crippen molar-refractivity contribution in [2.24, 2.45) is 5.92 Å². The van der Waals surface area contributed by atoms with Gasteiger partial charge in [0.2, 0.25) is 21.8 Å². The molecule has 0 spiro atoms. The molecule has 0 radical (unpaired) electrons. The molecular weight excluding hydrogens is 469 g/mol. The first kappa shape index (κ1) is 25.1. The van der Waals surface area contributed by atoms with Crippen molar-refractivity contribution in [2.45, 2.75) is 31.2 Å². The molecule has 1 aliphatic rings. The highest BCUT2D eigenvalue weighted by atomic mass is 35.5. The molecule has 2 aromatic rings. The Morgan fingerprint density at radius 1 is 1.15 bits per heavy atom. The van der Waals surface area contributed by atoms with E-state index < -0.39 is 15.8 Å². The second-order valence-electron chi connectivity index (χ2n) is 7.87. The maximum atomic E-state index is 13.4.